The van der Waals surface area contributed by atoms with Gasteiger partial charge in [0.15, 0.2) is 11.5 Å². The van der Waals surface area contributed by atoms with Gasteiger partial charge in [-0.1, -0.05) is 24.3 Å². The van der Waals surface area contributed by atoms with Crippen LogP contribution >= 0.6 is 0 Å². The van der Waals surface area contributed by atoms with Crippen LogP contribution in [0.15, 0.2) is 60.7 Å². The van der Waals surface area contributed by atoms with E-state index < -0.39 is 0 Å². The summed E-state index contributed by atoms with van der Waals surface area (Å²) in [6.07, 6.45) is 0.652. The average Bonchev–Trinajstić information content (AvgIpc) is 3.35. The van der Waals surface area contributed by atoms with E-state index in [1.165, 1.54) is 5.39 Å². The number of aromatic nitrogens is 4. The summed E-state index contributed by atoms with van der Waals surface area (Å²) in [4.78, 5) is 19.4. The van der Waals surface area contributed by atoms with Gasteiger partial charge in [0.2, 0.25) is 11.9 Å². The fourth-order valence-corrected chi connectivity index (χ4v) is 4.72. The lowest BCUT2D eigenvalue weighted by atomic mass is 10.1. The molecule has 6 rings (SSSR count). The number of hydrogen-bond donors (Lipinski definition) is 2. The highest BCUT2D eigenvalue weighted by molar-refractivity contribution is 6.08. The Balaban J connectivity index is 1.24. The zero-order valence-corrected chi connectivity index (χ0v) is 21.9. The first-order valence-corrected chi connectivity index (χ1v) is 12.9. The average molecular weight is 527 g/mol. The third-order valence-corrected chi connectivity index (χ3v) is 6.73. The van der Waals surface area contributed by atoms with Crippen molar-refractivity contribution in [1.82, 2.24) is 19.9 Å². The number of para-hydroxylation sites is 1. The molecule has 1 saturated heterocycles. The molecule has 10 heteroatoms. The van der Waals surface area contributed by atoms with E-state index in [4.69, 9.17) is 23.9 Å². The first kappa shape index (κ1) is 24.7. The van der Waals surface area contributed by atoms with E-state index in [1.807, 2.05) is 36.4 Å². The Morgan fingerprint density at radius 1 is 0.872 bits per heavy atom. The predicted molar refractivity (Wildman–Crippen MR) is 151 cm³/mol. The number of H-pyrrole nitrogens is 1. The predicted octanol–water partition coefficient (Wildman–Crippen LogP) is 4.73. The Morgan fingerprint density at radius 2 is 1.69 bits per heavy atom. The van der Waals surface area contributed by atoms with Crippen molar-refractivity contribution in [2.75, 3.05) is 57.3 Å². The molecule has 0 aliphatic carbocycles. The second kappa shape index (κ2) is 11.0. The molecule has 0 bridgehead atoms. The highest BCUT2D eigenvalue weighted by atomic mass is 16.5. The minimum atomic E-state index is 0.266. The summed E-state index contributed by atoms with van der Waals surface area (Å²) >= 11 is 0. The molecule has 3 heterocycles. The number of anilines is 3. The number of aromatic amines is 1. The maximum absolute atomic E-state index is 6.03. The van der Waals surface area contributed by atoms with Gasteiger partial charge in [-0.2, -0.15) is 15.0 Å². The molecule has 0 spiro atoms. The van der Waals surface area contributed by atoms with Crippen LogP contribution in [0.5, 0.6) is 17.5 Å². The first-order valence-electron chi connectivity index (χ1n) is 12.9. The molecular formula is C29H30N6O4. The molecule has 0 unspecified atom stereocenters. The lowest BCUT2D eigenvalue weighted by Gasteiger charge is -2.27. The smallest absolute Gasteiger partial charge is 0.323 e. The lowest BCUT2D eigenvalue weighted by molar-refractivity contribution is 0.122. The quantitative estimate of drug-likeness (QED) is 0.282. The molecule has 200 valence electrons. The van der Waals surface area contributed by atoms with E-state index >= 15 is 0 Å². The Bertz CT molecular complexity index is 1600. The third kappa shape index (κ3) is 5.37. The zero-order chi connectivity index (χ0) is 26.6. The van der Waals surface area contributed by atoms with Crippen LogP contribution in [0.1, 0.15) is 5.56 Å². The second-order valence-electron chi connectivity index (χ2n) is 9.18. The van der Waals surface area contributed by atoms with Crippen molar-refractivity contribution in [3.63, 3.8) is 0 Å². The summed E-state index contributed by atoms with van der Waals surface area (Å²) in [6.45, 7) is 3.05. The lowest BCUT2D eigenvalue weighted by Crippen LogP contribution is -2.37. The summed E-state index contributed by atoms with van der Waals surface area (Å²) in [5.74, 6) is 2.36. The van der Waals surface area contributed by atoms with Crippen LogP contribution in [0.2, 0.25) is 0 Å². The SMILES string of the molecule is COc1ccc(CCOc2nc(Nc3ccc4[nH]c5ccccc5c4c3)nc(N3CCOCC3)n2)cc1OC. The van der Waals surface area contributed by atoms with Gasteiger partial charge in [-0.05, 0) is 42.0 Å². The number of ether oxygens (including phenoxy) is 4. The molecule has 39 heavy (non-hydrogen) atoms. The summed E-state index contributed by atoms with van der Waals surface area (Å²) in [6, 6.07) is 20.5. The van der Waals surface area contributed by atoms with Gasteiger partial charge < -0.3 is 34.1 Å². The van der Waals surface area contributed by atoms with Crippen molar-refractivity contribution in [2.24, 2.45) is 0 Å². The van der Waals surface area contributed by atoms with Gasteiger partial charge in [0.25, 0.3) is 0 Å². The Labute approximate surface area is 225 Å². The highest BCUT2D eigenvalue weighted by Crippen LogP contribution is 2.30. The van der Waals surface area contributed by atoms with Crippen molar-refractivity contribution < 1.29 is 18.9 Å². The fraction of sp³-hybridized carbons (Fsp3) is 0.276. The van der Waals surface area contributed by atoms with Gasteiger partial charge in [-0.3, -0.25) is 0 Å². The van der Waals surface area contributed by atoms with Crippen LogP contribution < -0.4 is 24.4 Å². The molecule has 10 nitrogen and oxygen atoms in total. The molecule has 0 amide bonds. The molecular weight excluding hydrogens is 496 g/mol. The summed E-state index contributed by atoms with van der Waals surface area (Å²) in [7, 11) is 3.25. The summed E-state index contributed by atoms with van der Waals surface area (Å²) < 4.78 is 22.3. The number of rotatable bonds is 9. The Hall–Kier alpha value is -4.57. The van der Waals surface area contributed by atoms with Crippen LogP contribution in [0.4, 0.5) is 17.6 Å². The fourth-order valence-electron chi connectivity index (χ4n) is 4.72. The monoisotopic (exact) mass is 526 g/mol. The van der Waals surface area contributed by atoms with Crippen molar-refractivity contribution in [3.05, 3.63) is 66.2 Å². The van der Waals surface area contributed by atoms with Gasteiger partial charge in [-0.25, -0.2) is 0 Å². The number of benzene rings is 3. The number of hydrogen-bond acceptors (Lipinski definition) is 9. The number of nitrogens with zero attached hydrogens (tertiary/aromatic N) is 4. The van der Waals surface area contributed by atoms with Gasteiger partial charge >= 0.3 is 6.01 Å². The van der Waals surface area contributed by atoms with E-state index in [-0.39, 0.29) is 6.01 Å². The van der Waals surface area contributed by atoms with Crippen LogP contribution in [0.25, 0.3) is 21.8 Å². The molecule has 1 aliphatic heterocycles. The third-order valence-electron chi connectivity index (χ3n) is 6.73. The molecule has 3 aromatic carbocycles. The van der Waals surface area contributed by atoms with Gasteiger partial charge in [0.05, 0.1) is 34.0 Å². The van der Waals surface area contributed by atoms with Gasteiger partial charge in [0, 0.05) is 47.0 Å². The molecule has 1 fully saturated rings. The van der Waals surface area contributed by atoms with E-state index in [0.717, 1.165) is 27.7 Å². The van der Waals surface area contributed by atoms with E-state index in [0.29, 0.717) is 62.7 Å². The van der Waals surface area contributed by atoms with Crippen molar-refractivity contribution in [3.8, 4) is 17.5 Å². The zero-order valence-electron chi connectivity index (χ0n) is 21.9. The minimum absolute atomic E-state index is 0.266. The maximum atomic E-state index is 6.03. The van der Waals surface area contributed by atoms with Crippen molar-refractivity contribution in [1.29, 1.82) is 0 Å². The van der Waals surface area contributed by atoms with E-state index in [9.17, 15) is 0 Å². The number of morpholine rings is 1. The van der Waals surface area contributed by atoms with E-state index in [2.05, 4.69) is 49.4 Å². The van der Waals surface area contributed by atoms with Gasteiger partial charge in [-0.15, -0.1) is 0 Å². The highest BCUT2D eigenvalue weighted by Gasteiger charge is 2.18. The summed E-state index contributed by atoms with van der Waals surface area (Å²) in [5.41, 5.74) is 4.11. The Morgan fingerprint density at radius 3 is 2.54 bits per heavy atom. The second-order valence-corrected chi connectivity index (χ2v) is 9.18. The topological polar surface area (TPSA) is 107 Å². The van der Waals surface area contributed by atoms with E-state index in [1.54, 1.807) is 14.2 Å². The molecule has 0 atom stereocenters. The molecule has 2 N–H and O–H groups in total. The van der Waals surface area contributed by atoms with Gasteiger partial charge in [0.1, 0.15) is 0 Å². The van der Waals surface area contributed by atoms with Crippen LogP contribution in [0, 0.1) is 0 Å². The number of methoxy groups -OCH3 is 2. The summed E-state index contributed by atoms with van der Waals surface area (Å²) in [5, 5.41) is 5.66. The normalized spacial score (nSPS) is 13.5. The van der Waals surface area contributed by atoms with Crippen molar-refractivity contribution >= 4 is 39.4 Å². The molecule has 0 saturated carbocycles. The number of fused-ring (bicyclic) bond motifs is 3. The molecule has 1 aliphatic rings. The minimum Gasteiger partial charge on any atom is -0.493 e. The maximum Gasteiger partial charge on any atom is 0.323 e. The first-order chi connectivity index (χ1) is 19.2. The van der Waals surface area contributed by atoms with Crippen LogP contribution in [-0.2, 0) is 11.2 Å². The molecule has 0 radical (unpaired) electrons. The van der Waals surface area contributed by atoms with Crippen LogP contribution in [-0.4, -0.2) is 67.1 Å². The number of nitrogens with one attached hydrogen (secondary N) is 2. The molecule has 2 aromatic heterocycles. The Kier molecular flexibility index (Phi) is 7.01. The van der Waals surface area contributed by atoms with Crippen molar-refractivity contribution in [2.45, 2.75) is 6.42 Å². The standard InChI is InChI=1S/C29H30N6O4/c1-36-25-10-7-19(17-26(25)37-2)11-14-39-29-33-27(32-28(34-29)35-12-15-38-16-13-35)30-20-8-9-24-22(18-20)21-5-3-4-6-23(21)31-24/h3-10,17-18,31H,11-16H2,1-2H3,(H,30,32,33,34). The van der Waals surface area contributed by atoms with Crippen LogP contribution in [0.3, 0.4) is 0 Å². The molecule has 5 aromatic rings. The largest absolute Gasteiger partial charge is 0.493 e.